The molecule has 0 fully saturated rings. The zero-order chi connectivity index (χ0) is 15.8. The van der Waals surface area contributed by atoms with Crippen LogP contribution in [-0.4, -0.2) is 15.0 Å². The van der Waals surface area contributed by atoms with Gasteiger partial charge in [0, 0.05) is 17.9 Å². The van der Waals surface area contributed by atoms with Crippen LogP contribution in [0.5, 0.6) is 0 Å². The number of rotatable bonds is 8. The summed E-state index contributed by atoms with van der Waals surface area (Å²) in [4.78, 5) is 0.261. The molecule has 2 aromatic rings. The monoisotopic (exact) mass is 318 g/mol. The molecule has 4 nitrogen and oxygen atoms in total. The van der Waals surface area contributed by atoms with E-state index < -0.39 is 10.0 Å². The zero-order valence-electron chi connectivity index (χ0n) is 12.7. The highest BCUT2D eigenvalue weighted by atomic mass is 32.2. The Morgan fingerprint density at radius 3 is 2.14 bits per heavy atom. The maximum absolute atomic E-state index is 12.2. The first kappa shape index (κ1) is 16.4. The first-order valence-corrected chi connectivity index (χ1v) is 9.02. The minimum Gasteiger partial charge on any atom is -0.385 e. The molecular weight excluding hydrogens is 296 g/mol. The molecule has 0 aliphatic rings. The van der Waals surface area contributed by atoms with E-state index in [0.717, 1.165) is 18.7 Å². The minimum absolute atomic E-state index is 0.261. The summed E-state index contributed by atoms with van der Waals surface area (Å²) < 4.78 is 27.0. The van der Waals surface area contributed by atoms with Gasteiger partial charge in [-0.15, -0.1) is 0 Å². The molecule has 2 rings (SSSR count). The van der Waals surface area contributed by atoms with Crippen LogP contribution in [0, 0.1) is 0 Å². The predicted octanol–water partition coefficient (Wildman–Crippen LogP) is 4.09. The second-order valence-corrected chi connectivity index (χ2v) is 6.81. The van der Waals surface area contributed by atoms with Crippen LogP contribution in [0.4, 0.5) is 11.4 Å². The van der Waals surface area contributed by atoms with Crippen molar-refractivity contribution in [2.24, 2.45) is 0 Å². The van der Waals surface area contributed by atoms with Crippen molar-refractivity contribution in [3.05, 3.63) is 54.6 Å². The van der Waals surface area contributed by atoms with E-state index in [4.69, 9.17) is 0 Å². The topological polar surface area (TPSA) is 58.2 Å². The van der Waals surface area contributed by atoms with Crippen LogP contribution < -0.4 is 10.0 Å². The maximum atomic E-state index is 12.2. The van der Waals surface area contributed by atoms with E-state index in [1.807, 2.05) is 12.1 Å². The third kappa shape index (κ3) is 4.77. The van der Waals surface area contributed by atoms with Gasteiger partial charge in [0.1, 0.15) is 0 Å². The van der Waals surface area contributed by atoms with Gasteiger partial charge in [-0.05, 0) is 42.8 Å². The Morgan fingerprint density at radius 2 is 1.50 bits per heavy atom. The van der Waals surface area contributed by atoms with Crippen molar-refractivity contribution >= 4 is 21.4 Å². The van der Waals surface area contributed by atoms with Crippen molar-refractivity contribution < 1.29 is 8.42 Å². The van der Waals surface area contributed by atoms with Crippen molar-refractivity contribution in [2.75, 3.05) is 16.6 Å². The smallest absolute Gasteiger partial charge is 0.261 e. The van der Waals surface area contributed by atoms with Crippen LogP contribution in [0.2, 0.25) is 0 Å². The van der Waals surface area contributed by atoms with Crippen molar-refractivity contribution in [3.63, 3.8) is 0 Å². The molecule has 5 heteroatoms. The normalized spacial score (nSPS) is 11.1. The predicted molar refractivity (Wildman–Crippen MR) is 91.7 cm³/mol. The van der Waals surface area contributed by atoms with Crippen LogP contribution >= 0.6 is 0 Å². The van der Waals surface area contributed by atoms with E-state index in [1.165, 1.54) is 12.8 Å². The van der Waals surface area contributed by atoms with Crippen LogP contribution in [0.1, 0.15) is 26.2 Å². The van der Waals surface area contributed by atoms with Crippen molar-refractivity contribution in [1.29, 1.82) is 0 Å². The van der Waals surface area contributed by atoms with Gasteiger partial charge in [-0.3, -0.25) is 4.72 Å². The van der Waals surface area contributed by atoms with Gasteiger partial charge in [-0.1, -0.05) is 38.0 Å². The zero-order valence-corrected chi connectivity index (χ0v) is 13.6. The number of hydrogen-bond acceptors (Lipinski definition) is 3. The fraction of sp³-hybridized carbons (Fsp3) is 0.294. The van der Waals surface area contributed by atoms with Gasteiger partial charge in [0.25, 0.3) is 10.0 Å². The summed E-state index contributed by atoms with van der Waals surface area (Å²) in [5, 5.41) is 3.32. The Bertz CT molecular complexity index is 668. The number of unbranched alkanes of at least 4 members (excludes halogenated alkanes) is 2. The lowest BCUT2D eigenvalue weighted by molar-refractivity contribution is 0.601. The molecule has 0 aliphatic heterocycles. The Morgan fingerprint density at radius 1 is 0.864 bits per heavy atom. The SMILES string of the molecule is CCCCCNc1ccc(NS(=O)(=O)c2ccccc2)cc1. The van der Waals surface area contributed by atoms with Crippen LogP contribution in [0.25, 0.3) is 0 Å². The highest BCUT2D eigenvalue weighted by molar-refractivity contribution is 7.92. The number of benzene rings is 2. The van der Waals surface area contributed by atoms with Gasteiger partial charge < -0.3 is 5.32 Å². The standard InChI is InChI=1S/C17H22N2O2S/c1-2-3-7-14-18-15-10-12-16(13-11-15)19-22(20,21)17-8-5-4-6-9-17/h4-6,8-13,18-19H,2-3,7,14H2,1H3. The summed E-state index contributed by atoms with van der Waals surface area (Å²) in [6.07, 6.45) is 3.54. The third-order valence-corrected chi connectivity index (χ3v) is 4.70. The van der Waals surface area contributed by atoms with E-state index in [-0.39, 0.29) is 4.90 Å². The third-order valence-electron chi connectivity index (χ3n) is 3.30. The van der Waals surface area contributed by atoms with Gasteiger partial charge >= 0.3 is 0 Å². The van der Waals surface area contributed by atoms with Crippen LogP contribution in [-0.2, 0) is 10.0 Å². The second kappa shape index (κ2) is 7.84. The lowest BCUT2D eigenvalue weighted by atomic mass is 10.2. The van der Waals surface area contributed by atoms with E-state index in [9.17, 15) is 8.42 Å². The molecule has 0 aliphatic carbocycles. The lowest BCUT2D eigenvalue weighted by Crippen LogP contribution is -2.12. The van der Waals surface area contributed by atoms with Crippen molar-refractivity contribution in [2.45, 2.75) is 31.1 Å². The van der Waals surface area contributed by atoms with Gasteiger partial charge in [0.05, 0.1) is 4.90 Å². The summed E-state index contributed by atoms with van der Waals surface area (Å²) in [5.74, 6) is 0. The van der Waals surface area contributed by atoms with E-state index >= 15 is 0 Å². The van der Waals surface area contributed by atoms with Crippen molar-refractivity contribution in [1.82, 2.24) is 0 Å². The molecule has 118 valence electrons. The molecule has 0 aromatic heterocycles. The number of nitrogens with one attached hydrogen (secondary N) is 2. The molecular formula is C17H22N2O2S. The lowest BCUT2D eigenvalue weighted by Gasteiger charge is -2.10. The van der Waals surface area contributed by atoms with E-state index in [0.29, 0.717) is 5.69 Å². The van der Waals surface area contributed by atoms with Gasteiger partial charge in [0.15, 0.2) is 0 Å². The van der Waals surface area contributed by atoms with Crippen LogP contribution in [0.15, 0.2) is 59.5 Å². The van der Waals surface area contributed by atoms with Gasteiger partial charge in [0.2, 0.25) is 0 Å². The fourth-order valence-corrected chi connectivity index (χ4v) is 3.16. The first-order valence-electron chi connectivity index (χ1n) is 7.53. The molecule has 0 radical (unpaired) electrons. The molecule has 0 spiro atoms. The number of anilines is 2. The second-order valence-electron chi connectivity index (χ2n) is 5.13. The quantitative estimate of drug-likeness (QED) is 0.721. The molecule has 2 aromatic carbocycles. The average Bonchev–Trinajstić information content (AvgIpc) is 2.54. The minimum atomic E-state index is -3.52. The molecule has 0 atom stereocenters. The summed E-state index contributed by atoms with van der Waals surface area (Å²) in [5.41, 5.74) is 1.56. The summed E-state index contributed by atoms with van der Waals surface area (Å²) in [6, 6.07) is 15.7. The van der Waals surface area contributed by atoms with E-state index in [2.05, 4.69) is 17.0 Å². The molecule has 0 saturated heterocycles. The molecule has 22 heavy (non-hydrogen) atoms. The Kier molecular flexibility index (Phi) is 5.83. The highest BCUT2D eigenvalue weighted by Crippen LogP contribution is 2.18. The van der Waals surface area contributed by atoms with E-state index in [1.54, 1.807) is 42.5 Å². The first-order chi connectivity index (χ1) is 10.6. The number of sulfonamides is 1. The maximum Gasteiger partial charge on any atom is 0.261 e. The van der Waals surface area contributed by atoms with Crippen molar-refractivity contribution in [3.8, 4) is 0 Å². The van der Waals surface area contributed by atoms with Crippen LogP contribution in [0.3, 0.4) is 0 Å². The molecule has 2 N–H and O–H groups in total. The summed E-state index contributed by atoms with van der Waals surface area (Å²) in [7, 11) is -3.52. The summed E-state index contributed by atoms with van der Waals surface area (Å²) >= 11 is 0. The highest BCUT2D eigenvalue weighted by Gasteiger charge is 2.12. The Balaban J connectivity index is 1.96. The summed E-state index contributed by atoms with van der Waals surface area (Å²) in [6.45, 7) is 3.11. The number of hydrogen-bond donors (Lipinski definition) is 2. The van der Waals surface area contributed by atoms with Gasteiger partial charge in [-0.25, -0.2) is 8.42 Å². The Hall–Kier alpha value is -2.01. The molecule has 0 bridgehead atoms. The van der Waals surface area contributed by atoms with Gasteiger partial charge in [-0.2, -0.15) is 0 Å². The molecule has 0 unspecified atom stereocenters. The molecule has 0 saturated carbocycles. The molecule has 0 heterocycles. The Labute approximate surface area is 132 Å². The largest absolute Gasteiger partial charge is 0.385 e. The molecule has 0 amide bonds. The fourth-order valence-electron chi connectivity index (χ4n) is 2.08. The average molecular weight is 318 g/mol.